The molecular formula is C10H14BrNS. The summed E-state index contributed by atoms with van der Waals surface area (Å²) in [5.74, 6) is 0. The molecule has 1 aromatic carbocycles. The van der Waals surface area contributed by atoms with E-state index in [4.69, 9.17) is 5.73 Å². The second-order valence-electron chi connectivity index (χ2n) is 3.15. The van der Waals surface area contributed by atoms with Crippen LogP contribution >= 0.6 is 27.7 Å². The van der Waals surface area contributed by atoms with Crippen LogP contribution in [0.4, 0.5) is 0 Å². The normalized spacial score (nSPS) is 12.9. The van der Waals surface area contributed by atoms with Crippen LogP contribution in [0.5, 0.6) is 0 Å². The molecule has 0 saturated carbocycles. The lowest BCUT2D eigenvalue weighted by Gasteiger charge is -2.07. The minimum Gasteiger partial charge on any atom is -0.328 e. The average Bonchev–Trinajstić information content (AvgIpc) is 2.03. The number of benzene rings is 1. The molecule has 0 fully saturated rings. The van der Waals surface area contributed by atoms with Crippen LogP contribution in [0.2, 0.25) is 0 Å². The number of hydrogen-bond donors (Lipinski definition) is 1. The van der Waals surface area contributed by atoms with Gasteiger partial charge >= 0.3 is 0 Å². The summed E-state index contributed by atoms with van der Waals surface area (Å²) in [7, 11) is 0. The highest BCUT2D eigenvalue weighted by atomic mass is 79.9. The van der Waals surface area contributed by atoms with Gasteiger partial charge < -0.3 is 5.73 Å². The Morgan fingerprint density at radius 2 is 2.23 bits per heavy atom. The standard InChI is InChI=1S/C10H14BrNS/c1-7(12)5-8-3-4-10(13-2)9(11)6-8/h3-4,6-7H,5,12H2,1-2H3. The van der Waals surface area contributed by atoms with Crippen molar-refractivity contribution in [1.29, 1.82) is 0 Å². The van der Waals surface area contributed by atoms with Crippen molar-refractivity contribution in [3.05, 3.63) is 28.2 Å². The summed E-state index contributed by atoms with van der Waals surface area (Å²) in [6.07, 6.45) is 3.01. The Balaban J connectivity index is 2.83. The van der Waals surface area contributed by atoms with Crippen molar-refractivity contribution in [2.45, 2.75) is 24.3 Å². The summed E-state index contributed by atoms with van der Waals surface area (Å²) < 4.78 is 1.16. The number of halogens is 1. The highest BCUT2D eigenvalue weighted by molar-refractivity contribution is 9.10. The van der Waals surface area contributed by atoms with Crippen LogP contribution in [0.15, 0.2) is 27.6 Å². The molecule has 0 aliphatic carbocycles. The molecule has 0 aromatic heterocycles. The van der Waals surface area contributed by atoms with Crippen molar-refractivity contribution in [3.63, 3.8) is 0 Å². The number of rotatable bonds is 3. The fourth-order valence-corrected chi connectivity index (χ4v) is 2.58. The third-order valence-corrected chi connectivity index (χ3v) is 3.49. The van der Waals surface area contributed by atoms with Gasteiger partial charge in [-0.05, 0) is 53.2 Å². The SMILES string of the molecule is CSc1ccc(CC(C)N)cc1Br. The van der Waals surface area contributed by atoms with E-state index in [0.717, 1.165) is 10.9 Å². The first-order valence-corrected chi connectivity index (χ1v) is 6.23. The van der Waals surface area contributed by atoms with Gasteiger partial charge in [-0.2, -0.15) is 0 Å². The van der Waals surface area contributed by atoms with Gasteiger partial charge in [-0.15, -0.1) is 11.8 Å². The van der Waals surface area contributed by atoms with Crippen LogP contribution in [0.1, 0.15) is 12.5 Å². The molecule has 1 atom stereocenters. The van der Waals surface area contributed by atoms with Crippen molar-refractivity contribution in [3.8, 4) is 0 Å². The van der Waals surface area contributed by atoms with Crippen LogP contribution in [0, 0.1) is 0 Å². The molecule has 2 N–H and O–H groups in total. The smallest absolute Gasteiger partial charge is 0.0313 e. The Morgan fingerprint density at radius 1 is 1.54 bits per heavy atom. The van der Waals surface area contributed by atoms with E-state index in [0.29, 0.717) is 0 Å². The van der Waals surface area contributed by atoms with Gasteiger partial charge in [-0.1, -0.05) is 6.07 Å². The zero-order chi connectivity index (χ0) is 9.84. The molecule has 3 heteroatoms. The van der Waals surface area contributed by atoms with E-state index in [1.807, 2.05) is 6.92 Å². The molecule has 1 aromatic rings. The number of hydrogen-bond acceptors (Lipinski definition) is 2. The minimum absolute atomic E-state index is 0.229. The first-order valence-electron chi connectivity index (χ1n) is 4.21. The van der Waals surface area contributed by atoms with Crippen LogP contribution in [-0.4, -0.2) is 12.3 Å². The summed E-state index contributed by atoms with van der Waals surface area (Å²) in [6.45, 7) is 2.02. The van der Waals surface area contributed by atoms with Gasteiger partial charge in [0.05, 0.1) is 0 Å². The van der Waals surface area contributed by atoms with E-state index in [-0.39, 0.29) is 6.04 Å². The van der Waals surface area contributed by atoms with Gasteiger partial charge in [0.1, 0.15) is 0 Å². The monoisotopic (exact) mass is 259 g/mol. The topological polar surface area (TPSA) is 26.0 Å². The molecule has 0 aliphatic rings. The number of nitrogens with two attached hydrogens (primary N) is 1. The van der Waals surface area contributed by atoms with Gasteiger partial charge in [-0.3, -0.25) is 0 Å². The van der Waals surface area contributed by atoms with Crippen LogP contribution in [0.25, 0.3) is 0 Å². The summed E-state index contributed by atoms with van der Waals surface area (Å²) in [6, 6.07) is 6.65. The van der Waals surface area contributed by atoms with Gasteiger partial charge in [0.25, 0.3) is 0 Å². The van der Waals surface area contributed by atoms with Crippen LogP contribution < -0.4 is 5.73 Å². The third kappa shape index (κ3) is 3.33. The van der Waals surface area contributed by atoms with Gasteiger partial charge in [0.15, 0.2) is 0 Å². The van der Waals surface area contributed by atoms with Crippen molar-refractivity contribution in [2.75, 3.05) is 6.26 Å². The Hall–Kier alpha value is 0.01000. The Kier molecular flexibility index (Phi) is 4.29. The molecule has 0 heterocycles. The molecule has 1 unspecified atom stereocenters. The molecule has 1 nitrogen and oxygen atoms in total. The quantitative estimate of drug-likeness (QED) is 0.845. The molecule has 0 amide bonds. The summed E-state index contributed by atoms with van der Waals surface area (Å²) in [4.78, 5) is 1.27. The van der Waals surface area contributed by atoms with Crippen molar-refractivity contribution < 1.29 is 0 Å². The van der Waals surface area contributed by atoms with Crippen LogP contribution in [0.3, 0.4) is 0 Å². The molecule has 1 rings (SSSR count). The Labute approximate surface area is 92.2 Å². The van der Waals surface area contributed by atoms with E-state index in [9.17, 15) is 0 Å². The summed E-state index contributed by atoms with van der Waals surface area (Å²) in [5.41, 5.74) is 7.02. The Bertz CT molecular complexity index is 286. The van der Waals surface area contributed by atoms with E-state index >= 15 is 0 Å². The summed E-state index contributed by atoms with van der Waals surface area (Å²) in [5, 5.41) is 0. The fourth-order valence-electron chi connectivity index (χ4n) is 1.21. The first-order chi connectivity index (χ1) is 6.13. The minimum atomic E-state index is 0.229. The Morgan fingerprint density at radius 3 is 2.69 bits per heavy atom. The van der Waals surface area contributed by atoms with Crippen molar-refractivity contribution >= 4 is 27.7 Å². The lowest BCUT2D eigenvalue weighted by Crippen LogP contribution is -2.17. The molecule has 13 heavy (non-hydrogen) atoms. The maximum atomic E-state index is 5.72. The largest absolute Gasteiger partial charge is 0.328 e. The average molecular weight is 260 g/mol. The van der Waals surface area contributed by atoms with Gasteiger partial charge in [0.2, 0.25) is 0 Å². The second-order valence-corrected chi connectivity index (χ2v) is 4.85. The van der Waals surface area contributed by atoms with E-state index in [2.05, 4.69) is 40.4 Å². The van der Waals surface area contributed by atoms with E-state index < -0.39 is 0 Å². The number of thioether (sulfide) groups is 1. The van der Waals surface area contributed by atoms with Crippen molar-refractivity contribution in [1.82, 2.24) is 0 Å². The molecular weight excluding hydrogens is 246 g/mol. The zero-order valence-electron chi connectivity index (χ0n) is 7.88. The van der Waals surface area contributed by atoms with Gasteiger partial charge in [0, 0.05) is 15.4 Å². The molecule has 0 saturated heterocycles. The van der Waals surface area contributed by atoms with Crippen molar-refractivity contribution in [2.24, 2.45) is 5.73 Å². The lowest BCUT2D eigenvalue weighted by molar-refractivity contribution is 0.737. The van der Waals surface area contributed by atoms with Gasteiger partial charge in [-0.25, -0.2) is 0 Å². The highest BCUT2D eigenvalue weighted by Gasteiger charge is 2.02. The maximum Gasteiger partial charge on any atom is 0.0313 e. The predicted octanol–water partition coefficient (Wildman–Crippen LogP) is 3.06. The van der Waals surface area contributed by atoms with E-state index in [1.165, 1.54) is 10.5 Å². The molecule has 72 valence electrons. The summed E-state index contributed by atoms with van der Waals surface area (Å²) >= 11 is 5.28. The van der Waals surface area contributed by atoms with Crippen LogP contribution in [-0.2, 0) is 6.42 Å². The zero-order valence-corrected chi connectivity index (χ0v) is 10.3. The van der Waals surface area contributed by atoms with E-state index in [1.54, 1.807) is 11.8 Å². The second kappa shape index (κ2) is 5.03. The fraction of sp³-hybridized carbons (Fsp3) is 0.400. The molecule has 0 radical (unpaired) electrons. The molecule has 0 spiro atoms. The lowest BCUT2D eigenvalue weighted by atomic mass is 10.1. The molecule has 0 bridgehead atoms. The highest BCUT2D eigenvalue weighted by Crippen LogP contribution is 2.26. The predicted molar refractivity (Wildman–Crippen MR) is 63.3 cm³/mol. The third-order valence-electron chi connectivity index (χ3n) is 1.77. The maximum absolute atomic E-state index is 5.72. The first kappa shape index (κ1) is 11.1. The molecule has 0 aliphatic heterocycles.